The van der Waals surface area contributed by atoms with E-state index in [0.29, 0.717) is 32.1 Å². The molecule has 0 aromatic heterocycles. The molecule has 2 saturated heterocycles. The van der Waals surface area contributed by atoms with Crippen LogP contribution in [-0.4, -0.2) is 52.6 Å². The van der Waals surface area contributed by atoms with E-state index in [9.17, 15) is 14.4 Å². The molecule has 2 N–H and O–H groups in total. The predicted octanol–water partition coefficient (Wildman–Crippen LogP) is 4.30. The van der Waals surface area contributed by atoms with Crippen molar-refractivity contribution in [1.29, 1.82) is 0 Å². The van der Waals surface area contributed by atoms with Crippen LogP contribution in [0.15, 0.2) is 29.4 Å². The van der Waals surface area contributed by atoms with E-state index in [1.54, 1.807) is 25.7 Å². The highest BCUT2D eigenvalue weighted by Gasteiger charge is 2.46. The first-order chi connectivity index (χ1) is 17.2. The highest BCUT2D eigenvalue weighted by molar-refractivity contribution is 5.92. The number of carbonyl (C=O) groups is 3. The number of nitrogens with one attached hydrogen (secondary N) is 2. The van der Waals surface area contributed by atoms with Gasteiger partial charge in [-0.1, -0.05) is 29.4 Å². The normalized spacial score (nSPS) is 28.0. The number of hydrogen-bond acceptors (Lipinski definition) is 5. The van der Waals surface area contributed by atoms with Crippen LogP contribution in [0.1, 0.15) is 82.9 Å². The minimum Gasteiger partial charge on any atom is -0.444 e. The zero-order valence-corrected chi connectivity index (χ0v) is 21.3. The standard InChI is InChI=1S/C26H36N6O4/c1-26(2,3)36-25(35)29-21-13-11-17(30-31-27)15-18-12-14-22(32(18)24(21)34)23(33)28-20-10-6-8-16-7-4-5-9-19(16)20/h4-5,7,9,17-18,20-22H,6,8,10-15H2,1-3H3,(H,28,33)(H,29,35)/t17?,18-,20-,21+,22+/m1/s1. The molecule has 0 radical (unpaired) electrons. The smallest absolute Gasteiger partial charge is 0.408 e. The van der Waals surface area contributed by atoms with E-state index in [1.165, 1.54) is 5.56 Å². The van der Waals surface area contributed by atoms with E-state index in [-0.39, 0.29) is 29.9 Å². The molecule has 1 unspecified atom stereocenters. The molecule has 0 saturated carbocycles. The summed E-state index contributed by atoms with van der Waals surface area (Å²) in [6.45, 7) is 5.26. The van der Waals surface area contributed by atoms with Crippen molar-refractivity contribution in [2.24, 2.45) is 5.11 Å². The summed E-state index contributed by atoms with van der Waals surface area (Å²) in [5.74, 6) is -0.462. The molecule has 1 aliphatic carbocycles. The van der Waals surface area contributed by atoms with Crippen molar-refractivity contribution in [2.45, 2.75) is 108 Å². The molecule has 2 heterocycles. The molecule has 36 heavy (non-hydrogen) atoms. The molecule has 0 spiro atoms. The first-order valence-corrected chi connectivity index (χ1v) is 12.9. The Balaban J connectivity index is 1.54. The Morgan fingerprint density at radius 2 is 1.86 bits per heavy atom. The van der Waals surface area contributed by atoms with E-state index < -0.39 is 23.8 Å². The number of hydrogen-bond donors (Lipinski definition) is 2. The van der Waals surface area contributed by atoms with Gasteiger partial charge in [0, 0.05) is 17.0 Å². The third-order valence-corrected chi connectivity index (χ3v) is 7.28. The maximum Gasteiger partial charge on any atom is 0.408 e. The maximum absolute atomic E-state index is 13.7. The molecule has 1 aromatic carbocycles. The molecule has 3 aliphatic rings. The van der Waals surface area contributed by atoms with Gasteiger partial charge in [-0.15, -0.1) is 0 Å². The van der Waals surface area contributed by atoms with E-state index in [1.807, 2.05) is 12.1 Å². The topological polar surface area (TPSA) is 136 Å². The Kier molecular flexibility index (Phi) is 7.73. The highest BCUT2D eigenvalue weighted by atomic mass is 16.6. The molecule has 3 amide bonds. The van der Waals surface area contributed by atoms with Crippen molar-refractivity contribution in [1.82, 2.24) is 15.5 Å². The van der Waals surface area contributed by atoms with E-state index in [0.717, 1.165) is 24.8 Å². The number of nitrogens with zero attached hydrogens (tertiary/aromatic N) is 4. The van der Waals surface area contributed by atoms with Crippen LogP contribution in [0, 0.1) is 0 Å². The average Bonchev–Trinajstić information content (AvgIpc) is 3.23. The first kappa shape index (κ1) is 25.8. The van der Waals surface area contributed by atoms with E-state index >= 15 is 0 Å². The van der Waals surface area contributed by atoms with Crippen LogP contribution in [0.3, 0.4) is 0 Å². The second kappa shape index (κ2) is 10.8. The lowest BCUT2D eigenvalue weighted by atomic mass is 9.87. The molecular weight excluding hydrogens is 460 g/mol. The third kappa shape index (κ3) is 5.93. The van der Waals surface area contributed by atoms with Gasteiger partial charge in [0.15, 0.2) is 0 Å². The van der Waals surface area contributed by atoms with Crippen molar-refractivity contribution < 1.29 is 19.1 Å². The first-order valence-electron chi connectivity index (χ1n) is 12.9. The number of fused-ring (bicyclic) bond motifs is 2. The maximum atomic E-state index is 13.7. The number of carbonyl (C=O) groups excluding carboxylic acids is 3. The number of ether oxygens (including phenoxy) is 1. The number of rotatable bonds is 4. The van der Waals surface area contributed by atoms with Crippen molar-refractivity contribution in [2.75, 3.05) is 0 Å². The monoisotopic (exact) mass is 496 g/mol. The summed E-state index contributed by atoms with van der Waals surface area (Å²) in [5.41, 5.74) is 10.7. The van der Waals surface area contributed by atoms with Crippen LogP contribution in [0.5, 0.6) is 0 Å². The fourth-order valence-corrected chi connectivity index (χ4v) is 5.73. The van der Waals surface area contributed by atoms with Crippen molar-refractivity contribution in [3.8, 4) is 0 Å². The van der Waals surface area contributed by atoms with Gasteiger partial charge in [0.05, 0.1) is 6.04 Å². The molecule has 2 fully saturated rings. The molecule has 10 nitrogen and oxygen atoms in total. The van der Waals surface area contributed by atoms with Crippen molar-refractivity contribution >= 4 is 17.9 Å². The lowest BCUT2D eigenvalue weighted by Crippen LogP contribution is -2.57. The predicted molar refractivity (Wildman–Crippen MR) is 134 cm³/mol. The summed E-state index contributed by atoms with van der Waals surface area (Å²) in [4.78, 5) is 44.4. The van der Waals surface area contributed by atoms with Crippen molar-refractivity contribution in [3.05, 3.63) is 45.8 Å². The molecule has 5 atom stereocenters. The number of amides is 3. The zero-order valence-electron chi connectivity index (χ0n) is 21.3. The summed E-state index contributed by atoms with van der Waals surface area (Å²) in [6, 6.07) is 6.04. The van der Waals surface area contributed by atoms with Crippen LogP contribution in [0.25, 0.3) is 10.4 Å². The van der Waals surface area contributed by atoms with Gasteiger partial charge < -0.3 is 20.3 Å². The van der Waals surface area contributed by atoms with Crippen LogP contribution in [0.2, 0.25) is 0 Å². The lowest BCUT2D eigenvalue weighted by Gasteiger charge is -2.37. The fourth-order valence-electron chi connectivity index (χ4n) is 5.73. The van der Waals surface area contributed by atoms with Gasteiger partial charge in [-0.3, -0.25) is 9.59 Å². The van der Waals surface area contributed by atoms with Crippen LogP contribution >= 0.6 is 0 Å². The third-order valence-electron chi connectivity index (χ3n) is 7.28. The minimum atomic E-state index is -0.858. The van der Waals surface area contributed by atoms with E-state index in [2.05, 4.69) is 32.8 Å². The van der Waals surface area contributed by atoms with Crippen LogP contribution < -0.4 is 10.6 Å². The quantitative estimate of drug-likeness (QED) is 0.365. The Morgan fingerprint density at radius 1 is 1.08 bits per heavy atom. The van der Waals surface area contributed by atoms with Gasteiger partial charge >= 0.3 is 6.09 Å². The van der Waals surface area contributed by atoms with Gasteiger partial charge in [0.1, 0.15) is 17.7 Å². The largest absolute Gasteiger partial charge is 0.444 e. The average molecular weight is 497 g/mol. The van der Waals surface area contributed by atoms with Gasteiger partial charge in [0.25, 0.3) is 0 Å². The Labute approximate surface area is 211 Å². The Hall–Kier alpha value is -3.26. The van der Waals surface area contributed by atoms with Gasteiger partial charge in [-0.25, -0.2) is 4.79 Å². The van der Waals surface area contributed by atoms with E-state index in [4.69, 9.17) is 10.3 Å². The van der Waals surface area contributed by atoms with Gasteiger partial charge in [-0.05, 0) is 88.8 Å². The second-order valence-corrected chi connectivity index (χ2v) is 11.0. The highest BCUT2D eigenvalue weighted by Crippen LogP contribution is 2.34. The summed E-state index contributed by atoms with van der Waals surface area (Å²) in [6.07, 6.45) is 4.61. The molecule has 194 valence electrons. The summed E-state index contributed by atoms with van der Waals surface area (Å²) < 4.78 is 5.37. The SMILES string of the molecule is CC(C)(C)OC(=O)N[C@H]1CCC(N=[N+]=[N-])C[C@H]2CC[C@@H](C(=O)N[C@@H]3CCCc4ccccc43)N2C1=O. The lowest BCUT2D eigenvalue weighted by molar-refractivity contribution is -0.143. The number of alkyl carbamates (subject to hydrolysis) is 1. The summed E-state index contributed by atoms with van der Waals surface area (Å²) >= 11 is 0. The number of aryl methyl sites for hydroxylation is 1. The zero-order chi connectivity index (χ0) is 25.9. The Morgan fingerprint density at radius 3 is 2.61 bits per heavy atom. The van der Waals surface area contributed by atoms with Crippen LogP contribution in [0.4, 0.5) is 4.79 Å². The fraction of sp³-hybridized carbons (Fsp3) is 0.654. The number of azide groups is 1. The summed E-state index contributed by atoms with van der Waals surface area (Å²) in [5, 5.41) is 9.84. The molecule has 2 aliphatic heterocycles. The minimum absolute atomic E-state index is 0.0852. The molecular formula is C26H36N6O4. The van der Waals surface area contributed by atoms with Crippen molar-refractivity contribution in [3.63, 3.8) is 0 Å². The van der Waals surface area contributed by atoms with Gasteiger partial charge in [-0.2, -0.15) is 0 Å². The summed E-state index contributed by atoms with van der Waals surface area (Å²) in [7, 11) is 0. The Bertz CT molecular complexity index is 1050. The van der Waals surface area contributed by atoms with Crippen LogP contribution in [-0.2, 0) is 20.7 Å². The number of benzene rings is 1. The molecule has 1 aromatic rings. The molecule has 0 bridgehead atoms. The molecule has 10 heteroatoms. The molecule has 4 rings (SSSR count). The van der Waals surface area contributed by atoms with Gasteiger partial charge in [0.2, 0.25) is 11.8 Å². The second-order valence-electron chi connectivity index (χ2n) is 11.0.